The Bertz CT molecular complexity index is 513. The third-order valence-corrected chi connectivity index (χ3v) is 3.29. The number of rotatable bonds is 2. The van der Waals surface area contributed by atoms with E-state index in [0.29, 0.717) is 0 Å². The molecule has 6 nitrogen and oxygen atoms in total. The van der Waals surface area contributed by atoms with E-state index in [-0.39, 0.29) is 34.5 Å². The second kappa shape index (κ2) is 8.63. The van der Waals surface area contributed by atoms with Gasteiger partial charge in [-0.3, -0.25) is 11.8 Å². The van der Waals surface area contributed by atoms with Crippen LogP contribution in [0.5, 0.6) is 0 Å². The van der Waals surface area contributed by atoms with Gasteiger partial charge in [-0.15, -0.1) is 0 Å². The summed E-state index contributed by atoms with van der Waals surface area (Å²) in [5.41, 5.74) is 0.989. The minimum Gasteiger partial charge on any atom is -0.458 e. The molecule has 0 bridgehead atoms. The maximum atomic E-state index is 11.0. The molecule has 0 saturated carbocycles. The molecule has 0 unspecified atom stereocenters. The second-order valence-electron chi connectivity index (χ2n) is 2.94. The van der Waals surface area contributed by atoms with Crippen molar-refractivity contribution in [1.82, 2.24) is 10.1 Å². The molecule has 2 rings (SSSR count). The zero-order chi connectivity index (χ0) is 12.7. The van der Waals surface area contributed by atoms with Crippen molar-refractivity contribution in [3.8, 4) is 0 Å². The van der Waals surface area contributed by atoms with Crippen molar-refractivity contribution < 1.29 is 42.5 Å². The molecule has 0 amide bonds. The van der Waals surface area contributed by atoms with Gasteiger partial charge < -0.3 is 8.76 Å². The summed E-state index contributed by atoms with van der Waals surface area (Å²) < 4.78 is 29.0. The maximum absolute atomic E-state index is 11.0. The molecular formula is C9H9ClN3NaO3S. The first kappa shape index (κ1) is 17.6. The van der Waals surface area contributed by atoms with Crippen molar-refractivity contribution in [2.45, 2.75) is 11.8 Å². The van der Waals surface area contributed by atoms with Crippen molar-refractivity contribution >= 4 is 21.8 Å². The summed E-state index contributed by atoms with van der Waals surface area (Å²) in [4.78, 5) is 3.56. The van der Waals surface area contributed by atoms with Crippen LogP contribution in [0.2, 0.25) is 0 Å². The van der Waals surface area contributed by atoms with Crippen molar-refractivity contribution in [3.05, 3.63) is 46.8 Å². The van der Waals surface area contributed by atoms with Gasteiger partial charge >= 0.3 is 29.6 Å². The van der Waals surface area contributed by atoms with Crippen LogP contribution in [-0.2, 0) is 10.0 Å². The number of halogens is 1. The van der Waals surface area contributed by atoms with Crippen molar-refractivity contribution in [1.29, 1.82) is 0 Å². The van der Waals surface area contributed by atoms with Crippen LogP contribution in [0.3, 0.4) is 0 Å². The summed E-state index contributed by atoms with van der Waals surface area (Å²) in [5, 5.41) is 3.24. The van der Waals surface area contributed by atoms with E-state index in [2.05, 4.69) is 18.9 Å². The summed E-state index contributed by atoms with van der Waals surface area (Å²) in [6, 6.07) is 6.32. The van der Waals surface area contributed by atoms with Crippen LogP contribution >= 0.6 is 11.8 Å². The van der Waals surface area contributed by atoms with Crippen LogP contribution in [0.25, 0.3) is 4.24 Å². The minimum atomic E-state index is -3.62. The fraction of sp³-hybridized carbons (Fsp3) is 0.111. The van der Waals surface area contributed by atoms with E-state index in [9.17, 15) is 8.42 Å². The van der Waals surface area contributed by atoms with E-state index in [1.165, 1.54) is 24.9 Å². The number of aryl methyl sites for hydroxylation is 1. The van der Waals surface area contributed by atoms with Crippen LogP contribution < -0.4 is 29.6 Å². The molecule has 0 radical (unpaired) electrons. The Morgan fingerprint density at radius 3 is 2.22 bits per heavy atom. The number of aromatic nitrogens is 2. The molecule has 0 N–H and O–H groups in total. The average molecular weight is 298 g/mol. The summed E-state index contributed by atoms with van der Waals surface area (Å²) in [7, 11) is -3.62. The van der Waals surface area contributed by atoms with Crippen LogP contribution in [0.15, 0.2) is 46.4 Å². The smallest absolute Gasteiger partial charge is 0.458 e. The molecule has 0 atom stereocenters. The fourth-order valence-electron chi connectivity index (χ4n) is 0.886. The first-order valence-corrected chi connectivity index (χ1v) is 6.18. The number of benzene rings is 1. The number of sulfonamides is 1. The molecule has 0 aliphatic heterocycles. The molecule has 0 aliphatic rings. The Morgan fingerprint density at radius 1 is 1.28 bits per heavy atom. The van der Waals surface area contributed by atoms with Crippen molar-refractivity contribution in [2.75, 3.05) is 0 Å². The molecule has 1 aromatic carbocycles. The summed E-state index contributed by atoms with van der Waals surface area (Å²) in [6.07, 6.45) is 2.60. The maximum Gasteiger partial charge on any atom is 1.00 e. The van der Waals surface area contributed by atoms with Gasteiger partial charge in [0.2, 0.25) is 6.39 Å². The fourth-order valence-corrected chi connectivity index (χ4v) is 1.68. The quantitative estimate of drug-likeness (QED) is 0.683. The summed E-state index contributed by atoms with van der Waals surface area (Å²) >= 11 is 4.90. The van der Waals surface area contributed by atoms with E-state index >= 15 is 0 Å². The van der Waals surface area contributed by atoms with Crippen LogP contribution in [-0.4, -0.2) is 18.6 Å². The predicted molar refractivity (Wildman–Crippen MR) is 61.9 cm³/mol. The van der Waals surface area contributed by atoms with Gasteiger partial charge in [-0.25, -0.2) is 13.4 Å². The first-order chi connectivity index (χ1) is 8.06. The third-order valence-electron chi connectivity index (χ3n) is 1.69. The van der Waals surface area contributed by atoms with E-state index in [4.69, 9.17) is 11.8 Å². The summed E-state index contributed by atoms with van der Waals surface area (Å²) in [5.74, 6) is 0. The van der Waals surface area contributed by atoms with Gasteiger partial charge in [-0.1, -0.05) is 22.9 Å². The van der Waals surface area contributed by atoms with Gasteiger partial charge in [-0.05, 0) is 19.1 Å². The first-order valence-electron chi connectivity index (χ1n) is 4.40. The molecular weight excluding hydrogens is 289 g/mol. The zero-order valence-electron chi connectivity index (χ0n) is 9.82. The van der Waals surface area contributed by atoms with E-state index in [1.807, 2.05) is 6.92 Å². The Morgan fingerprint density at radius 2 is 1.89 bits per heavy atom. The van der Waals surface area contributed by atoms with Gasteiger partial charge in [-0.2, -0.15) is 0 Å². The molecule has 2 aromatic rings. The number of hydrogen-bond donors (Lipinski definition) is 0. The Kier molecular flexibility index (Phi) is 8.41. The monoisotopic (exact) mass is 297 g/mol. The SMILES string of the molecule is Cc1ccc(S(=O)(=O)[N-]Cl)cc1.[Na+].c1ncon1. The zero-order valence-corrected chi connectivity index (χ0v) is 13.4. The average Bonchev–Trinajstić information content (AvgIpc) is 2.88. The van der Waals surface area contributed by atoms with Crippen LogP contribution in [0.4, 0.5) is 0 Å². The van der Waals surface area contributed by atoms with Gasteiger partial charge in [0.05, 0.1) is 0 Å². The van der Waals surface area contributed by atoms with Gasteiger partial charge in [0.15, 0.2) is 6.33 Å². The molecule has 0 spiro atoms. The summed E-state index contributed by atoms with van der Waals surface area (Å²) in [6.45, 7) is 1.87. The van der Waals surface area contributed by atoms with Crippen molar-refractivity contribution in [3.63, 3.8) is 0 Å². The van der Waals surface area contributed by atoms with Gasteiger partial charge in [0.25, 0.3) is 0 Å². The molecule has 92 valence electrons. The van der Waals surface area contributed by atoms with Crippen LogP contribution in [0.1, 0.15) is 5.56 Å². The topological polar surface area (TPSA) is 87.2 Å². The number of nitrogens with zero attached hydrogens (tertiary/aromatic N) is 3. The molecule has 18 heavy (non-hydrogen) atoms. The largest absolute Gasteiger partial charge is 1.00 e. The molecule has 1 aromatic heterocycles. The predicted octanol–water partition coefficient (Wildman–Crippen LogP) is -0.715. The molecule has 0 saturated heterocycles. The molecule has 1 heterocycles. The van der Waals surface area contributed by atoms with Crippen molar-refractivity contribution in [2.24, 2.45) is 0 Å². The number of hydrogen-bond acceptors (Lipinski definition) is 5. The second-order valence-corrected chi connectivity index (χ2v) is 4.91. The Balaban J connectivity index is 0.000000405. The van der Waals surface area contributed by atoms with Gasteiger partial charge in [0, 0.05) is 4.90 Å². The van der Waals surface area contributed by atoms with E-state index < -0.39 is 10.0 Å². The molecule has 9 heteroatoms. The molecule has 0 fully saturated rings. The van der Waals surface area contributed by atoms with E-state index in [1.54, 1.807) is 12.1 Å². The van der Waals surface area contributed by atoms with E-state index in [0.717, 1.165) is 5.56 Å². The van der Waals surface area contributed by atoms with Crippen LogP contribution in [0, 0.1) is 6.92 Å². The Hall–Kier alpha value is -0.440. The normalized spacial score (nSPS) is 9.89. The molecule has 0 aliphatic carbocycles. The minimum absolute atomic E-state index is 0. The van der Waals surface area contributed by atoms with Gasteiger partial charge in [0.1, 0.15) is 10.0 Å². The standard InChI is InChI=1S/C7H7ClNO2S.C2H2N2O.Na/c1-6-2-4-7(5-3-6)12(10,11)9-8;1-3-2-5-4-1;/h2-5H,1H3;1-2H;/q-1;;+1. The third kappa shape index (κ3) is 5.94. The Labute approximate surface area is 132 Å².